The molecule has 1 rings (SSSR count). The quantitative estimate of drug-likeness (QED) is 0.653. The molecule has 1 unspecified atom stereocenters. The summed E-state index contributed by atoms with van der Waals surface area (Å²) in [6, 6.07) is 0.188. The summed E-state index contributed by atoms with van der Waals surface area (Å²) in [5, 5.41) is 9.08. The van der Waals surface area contributed by atoms with Crippen LogP contribution in [0.2, 0.25) is 0 Å². The van der Waals surface area contributed by atoms with Crippen molar-refractivity contribution in [3.8, 4) is 0 Å². The Morgan fingerprint density at radius 2 is 2.46 bits per heavy atom. The van der Waals surface area contributed by atoms with Gasteiger partial charge in [-0.05, 0) is 13.3 Å². The largest absolute Gasteiger partial charge is 0.395 e. The first-order valence-electron chi connectivity index (χ1n) is 4.81. The predicted octanol–water partition coefficient (Wildman–Crippen LogP) is 0.646. The molecular weight excluding hydrogens is 166 g/mol. The molecule has 1 aliphatic rings. The van der Waals surface area contributed by atoms with E-state index in [2.05, 4.69) is 11.5 Å². The van der Waals surface area contributed by atoms with Crippen LogP contribution in [-0.4, -0.2) is 49.0 Å². The highest BCUT2D eigenvalue weighted by molar-refractivity contribution is 4.89. The Morgan fingerprint density at radius 3 is 3.08 bits per heavy atom. The molecule has 0 amide bonds. The summed E-state index contributed by atoms with van der Waals surface area (Å²) in [5.74, 6) is 0. The Balaban J connectivity index is 2.31. The van der Waals surface area contributed by atoms with Crippen molar-refractivity contribution >= 4 is 0 Å². The molecule has 1 fully saturated rings. The van der Waals surface area contributed by atoms with Crippen molar-refractivity contribution in [1.82, 2.24) is 4.90 Å². The molecule has 0 aromatic rings. The maximum atomic E-state index is 9.08. The van der Waals surface area contributed by atoms with Crippen LogP contribution in [0.3, 0.4) is 0 Å². The lowest BCUT2D eigenvalue weighted by Crippen LogP contribution is -2.47. The Labute approximate surface area is 80.0 Å². The van der Waals surface area contributed by atoms with Gasteiger partial charge in [0.15, 0.2) is 0 Å². The van der Waals surface area contributed by atoms with E-state index in [-0.39, 0.29) is 12.6 Å². The molecule has 0 spiro atoms. The highest BCUT2D eigenvalue weighted by atomic mass is 16.5. The maximum Gasteiger partial charge on any atom is 0.0644 e. The fourth-order valence-electron chi connectivity index (χ4n) is 1.49. The van der Waals surface area contributed by atoms with Crippen LogP contribution in [0.15, 0.2) is 12.2 Å². The van der Waals surface area contributed by atoms with E-state index in [0.29, 0.717) is 6.61 Å². The van der Waals surface area contributed by atoms with E-state index in [9.17, 15) is 0 Å². The average molecular weight is 185 g/mol. The maximum absolute atomic E-state index is 9.08. The van der Waals surface area contributed by atoms with Gasteiger partial charge in [0, 0.05) is 13.1 Å². The molecule has 1 N–H and O–H groups in total. The summed E-state index contributed by atoms with van der Waals surface area (Å²) in [5.41, 5.74) is 1.20. The highest BCUT2D eigenvalue weighted by Gasteiger charge is 2.21. The molecule has 1 aliphatic heterocycles. The molecule has 0 saturated carbocycles. The third kappa shape index (κ3) is 3.46. The molecule has 3 heteroatoms. The fourth-order valence-corrected chi connectivity index (χ4v) is 1.49. The molecule has 1 atom stereocenters. The summed E-state index contributed by atoms with van der Waals surface area (Å²) < 4.78 is 5.29. The normalized spacial score (nSPS) is 24.6. The van der Waals surface area contributed by atoms with Crippen LogP contribution >= 0.6 is 0 Å². The second-order valence-corrected chi connectivity index (χ2v) is 3.65. The van der Waals surface area contributed by atoms with E-state index in [1.54, 1.807) is 0 Å². The zero-order valence-corrected chi connectivity index (χ0v) is 8.33. The van der Waals surface area contributed by atoms with Crippen molar-refractivity contribution in [2.45, 2.75) is 19.4 Å². The third-order valence-electron chi connectivity index (χ3n) is 2.39. The van der Waals surface area contributed by atoms with Crippen LogP contribution in [-0.2, 0) is 4.74 Å². The standard InChI is InChI=1S/C10H19NO2/c1-9(2)3-4-11-5-6-13-8-10(11)7-12/h10,12H,1,3-8H2,2H3. The Kier molecular flexibility index (Phi) is 4.42. The molecule has 0 aromatic carbocycles. The molecule has 0 radical (unpaired) electrons. The molecule has 0 aliphatic carbocycles. The summed E-state index contributed by atoms with van der Waals surface area (Å²) in [7, 11) is 0. The first kappa shape index (κ1) is 10.7. The van der Waals surface area contributed by atoms with Gasteiger partial charge in [-0.3, -0.25) is 4.90 Å². The van der Waals surface area contributed by atoms with Gasteiger partial charge in [-0.25, -0.2) is 0 Å². The second kappa shape index (κ2) is 5.37. The number of aliphatic hydroxyl groups excluding tert-OH is 1. The minimum atomic E-state index is 0.188. The number of aliphatic hydroxyl groups is 1. The Hall–Kier alpha value is -0.380. The fraction of sp³-hybridized carbons (Fsp3) is 0.800. The SMILES string of the molecule is C=C(C)CCN1CCOCC1CO. The minimum absolute atomic E-state index is 0.188. The minimum Gasteiger partial charge on any atom is -0.395 e. The third-order valence-corrected chi connectivity index (χ3v) is 2.39. The molecule has 76 valence electrons. The lowest BCUT2D eigenvalue weighted by atomic mass is 10.2. The predicted molar refractivity (Wildman–Crippen MR) is 52.7 cm³/mol. The van der Waals surface area contributed by atoms with Gasteiger partial charge in [-0.2, -0.15) is 0 Å². The first-order chi connectivity index (χ1) is 6.24. The smallest absolute Gasteiger partial charge is 0.0644 e. The first-order valence-corrected chi connectivity index (χ1v) is 4.81. The van der Waals surface area contributed by atoms with E-state index in [1.165, 1.54) is 5.57 Å². The number of hydrogen-bond donors (Lipinski definition) is 1. The van der Waals surface area contributed by atoms with Crippen LogP contribution in [0.25, 0.3) is 0 Å². The van der Waals surface area contributed by atoms with Gasteiger partial charge < -0.3 is 9.84 Å². The molecule has 1 saturated heterocycles. The highest BCUT2D eigenvalue weighted by Crippen LogP contribution is 2.08. The number of hydrogen-bond acceptors (Lipinski definition) is 3. The van der Waals surface area contributed by atoms with E-state index in [1.807, 2.05) is 6.92 Å². The molecule has 0 bridgehead atoms. The van der Waals surface area contributed by atoms with Crippen molar-refractivity contribution in [1.29, 1.82) is 0 Å². The van der Waals surface area contributed by atoms with Crippen LogP contribution in [0, 0.1) is 0 Å². The lowest BCUT2D eigenvalue weighted by Gasteiger charge is -2.34. The van der Waals surface area contributed by atoms with Gasteiger partial charge >= 0.3 is 0 Å². The van der Waals surface area contributed by atoms with Crippen molar-refractivity contribution in [2.24, 2.45) is 0 Å². The summed E-state index contributed by atoms with van der Waals surface area (Å²) in [6.07, 6.45) is 1.01. The number of morpholine rings is 1. The van der Waals surface area contributed by atoms with Crippen LogP contribution < -0.4 is 0 Å². The van der Waals surface area contributed by atoms with Crippen molar-refractivity contribution in [3.05, 3.63) is 12.2 Å². The summed E-state index contributed by atoms with van der Waals surface area (Å²) >= 11 is 0. The van der Waals surface area contributed by atoms with Gasteiger partial charge in [0.2, 0.25) is 0 Å². The number of ether oxygens (including phenoxy) is 1. The van der Waals surface area contributed by atoms with Crippen molar-refractivity contribution in [3.63, 3.8) is 0 Å². The van der Waals surface area contributed by atoms with E-state index < -0.39 is 0 Å². The monoisotopic (exact) mass is 185 g/mol. The van der Waals surface area contributed by atoms with E-state index in [0.717, 1.165) is 26.1 Å². The topological polar surface area (TPSA) is 32.7 Å². The van der Waals surface area contributed by atoms with Crippen molar-refractivity contribution < 1.29 is 9.84 Å². The van der Waals surface area contributed by atoms with Crippen molar-refractivity contribution in [2.75, 3.05) is 32.9 Å². The molecular formula is C10H19NO2. The van der Waals surface area contributed by atoms with Gasteiger partial charge in [-0.15, -0.1) is 6.58 Å². The Bertz CT molecular complexity index is 170. The van der Waals surface area contributed by atoms with Gasteiger partial charge in [0.05, 0.1) is 25.9 Å². The van der Waals surface area contributed by atoms with E-state index >= 15 is 0 Å². The van der Waals surface area contributed by atoms with Crippen LogP contribution in [0.4, 0.5) is 0 Å². The molecule has 1 heterocycles. The second-order valence-electron chi connectivity index (χ2n) is 3.65. The summed E-state index contributed by atoms with van der Waals surface area (Å²) in [6.45, 7) is 9.46. The van der Waals surface area contributed by atoms with Gasteiger partial charge in [-0.1, -0.05) is 5.57 Å². The Morgan fingerprint density at radius 1 is 1.69 bits per heavy atom. The number of rotatable bonds is 4. The lowest BCUT2D eigenvalue weighted by molar-refractivity contribution is -0.0267. The average Bonchev–Trinajstić information content (AvgIpc) is 2.15. The van der Waals surface area contributed by atoms with Gasteiger partial charge in [0.25, 0.3) is 0 Å². The zero-order chi connectivity index (χ0) is 9.68. The van der Waals surface area contributed by atoms with Crippen LogP contribution in [0.1, 0.15) is 13.3 Å². The van der Waals surface area contributed by atoms with Crippen LogP contribution in [0.5, 0.6) is 0 Å². The summed E-state index contributed by atoms with van der Waals surface area (Å²) in [4.78, 5) is 2.28. The molecule has 3 nitrogen and oxygen atoms in total. The molecule has 0 aromatic heterocycles. The zero-order valence-electron chi connectivity index (χ0n) is 8.33. The molecule has 13 heavy (non-hydrogen) atoms. The van der Waals surface area contributed by atoms with Gasteiger partial charge in [0.1, 0.15) is 0 Å². The van der Waals surface area contributed by atoms with E-state index in [4.69, 9.17) is 9.84 Å². The number of nitrogens with zero attached hydrogens (tertiary/aromatic N) is 1.